The largest absolute Gasteiger partial charge is 0.481 e. The summed E-state index contributed by atoms with van der Waals surface area (Å²) in [6.07, 6.45) is 0.129. The third-order valence-electron chi connectivity index (χ3n) is 3.92. The highest BCUT2D eigenvalue weighted by Crippen LogP contribution is 2.34. The number of nitrogens with zero attached hydrogens (tertiary/aromatic N) is 1. The van der Waals surface area contributed by atoms with E-state index >= 15 is 0 Å². The van der Waals surface area contributed by atoms with Crippen LogP contribution in [0.4, 0.5) is 4.39 Å². The van der Waals surface area contributed by atoms with Crippen molar-refractivity contribution in [1.82, 2.24) is 4.31 Å². The number of ether oxygens (including phenoxy) is 1. The molecule has 0 amide bonds. The van der Waals surface area contributed by atoms with Gasteiger partial charge in [0.2, 0.25) is 10.0 Å². The van der Waals surface area contributed by atoms with Gasteiger partial charge >= 0.3 is 11.9 Å². The highest BCUT2D eigenvalue weighted by molar-refractivity contribution is 7.89. The summed E-state index contributed by atoms with van der Waals surface area (Å²) in [4.78, 5) is 22.4. The van der Waals surface area contributed by atoms with Crippen LogP contribution >= 0.6 is 0 Å². The molecular weight excluding hydrogens is 329 g/mol. The zero-order valence-electron chi connectivity index (χ0n) is 12.6. The van der Waals surface area contributed by atoms with Crippen molar-refractivity contribution in [2.45, 2.75) is 18.2 Å². The third-order valence-corrected chi connectivity index (χ3v) is 5.81. The second-order valence-electron chi connectivity index (χ2n) is 5.59. The van der Waals surface area contributed by atoms with Crippen molar-refractivity contribution in [3.63, 3.8) is 0 Å². The fourth-order valence-corrected chi connectivity index (χ4v) is 4.18. The van der Waals surface area contributed by atoms with Gasteiger partial charge in [-0.05, 0) is 31.5 Å². The fraction of sp³-hybridized carbons (Fsp3) is 0.429. The Morgan fingerprint density at radius 1 is 1.39 bits per heavy atom. The van der Waals surface area contributed by atoms with E-state index in [0.717, 1.165) is 29.6 Å². The number of sulfonamides is 1. The fourth-order valence-electron chi connectivity index (χ4n) is 2.43. The standard InChI is InChI=1S/C14H16FNO6S/c1-14(13(18)19)5-6-16(8-14)23(20,21)11-7-9(15)3-4-10(11)12(17)22-2/h3-4,7H,5-6,8H2,1-2H3,(H,18,19). The van der Waals surface area contributed by atoms with Crippen molar-refractivity contribution >= 4 is 22.0 Å². The van der Waals surface area contributed by atoms with Crippen LogP contribution in [0.5, 0.6) is 0 Å². The lowest BCUT2D eigenvalue weighted by Crippen LogP contribution is -2.35. The molecule has 1 aliphatic rings. The molecule has 1 atom stereocenters. The summed E-state index contributed by atoms with van der Waals surface area (Å²) in [5.41, 5.74) is -1.51. The monoisotopic (exact) mass is 345 g/mol. The molecule has 1 aromatic rings. The molecule has 9 heteroatoms. The Morgan fingerprint density at radius 3 is 2.57 bits per heavy atom. The smallest absolute Gasteiger partial charge is 0.339 e. The Bertz CT molecular complexity index is 763. The molecule has 2 rings (SSSR count). The number of carbonyl (C=O) groups excluding carboxylic acids is 1. The molecule has 7 nitrogen and oxygen atoms in total. The lowest BCUT2D eigenvalue weighted by Gasteiger charge is -2.21. The molecule has 126 valence electrons. The quantitative estimate of drug-likeness (QED) is 0.820. The molecule has 0 aliphatic carbocycles. The zero-order valence-corrected chi connectivity index (χ0v) is 13.4. The Labute approximate surface area is 132 Å². The van der Waals surface area contributed by atoms with Gasteiger partial charge in [0.1, 0.15) is 5.82 Å². The SMILES string of the molecule is COC(=O)c1ccc(F)cc1S(=O)(=O)N1CCC(C)(C(=O)O)C1. The summed E-state index contributed by atoms with van der Waals surface area (Å²) < 4.78 is 44.3. The Balaban J connectivity index is 2.47. The van der Waals surface area contributed by atoms with Crippen LogP contribution in [0.2, 0.25) is 0 Å². The maximum Gasteiger partial charge on any atom is 0.339 e. The van der Waals surface area contributed by atoms with E-state index in [0.29, 0.717) is 0 Å². The van der Waals surface area contributed by atoms with Crippen LogP contribution in [-0.4, -0.2) is 50.0 Å². The van der Waals surface area contributed by atoms with Crippen LogP contribution in [0.1, 0.15) is 23.7 Å². The molecule has 0 aromatic heterocycles. The van der Waals surface area contributed by atoms with E-state index < -0.39 is 38.1 Å². The molecule has 1 heterocycles. The molecule has 1 aliphatic heterocycles. The van der Waals surface area contributed by atoms with Crippen LogP contribution in [0.25, 0.3) is 0 Å². The van der Waals surface area contributed by atoms with Gasteiger partial charge < -0.3 is 9.84 Å². The van der Waals surface area contributed by atoms with Gasteiger partial charge in [0.05, 0.1) is 23.0 Å². The summed E-state index contributed by atoms with van der Waals surface area (Å²) >= 11 is 0. The first-order valence-corrected chi connectivity index (χ1v) is 8.17. The van der Waals surface area contributed by atoms with Crippen molar-refractivity contribution in [3.05, 3.63) is 29.6 Å². The lowest BCUT2D eigenvalue weighted by molar-refractivity contribution is -0.146. The van der Waals surface area contributed by atoms with Crippen molar-refractivity contribution in [3.8, 4) is 0 Å². The van der Waals surface area contributed by atoms with E-state index in [1.54, 1.807) is 0 Å². The Hall–Kier alpha value is -2.00. The topological polar surface area (TPSA) is 101 Å². The minimum absolute atomic E-state index is 0.0255. The Morgan fingerprint density at radius 2 is 2.04 bits per heavy atom. The average Bonchev–Trinajstić information content (AvgIpc) is 2.91. The molecular formula is C14H16FNO6S. The number of carboxylic acids is 1. The average molecular weight is 345 g/mol. The molecule has 0 bridgehead atoms. The minimum atomic E-state index is -4.22. The van der Waals surface area contributed by atoms with Crippen molar-refractivity contribution in [1.29, 1.82) is 0 Å². The van der Waals surface area contributed by atoms with Gasteiger partial charge in [-0.2, -0.15) is 4.31 Å². The molecule has 0 saturated carbocycles. The molecule has 1 fully saturated rings. The summed E-state index contributed by atoms with van der Waals surface area (Å²) in [5.74, 6) is -2.84. The first kappa shape index (κ1) is 17.4. The number of esters is 1. The first-order valence-electron chi connectivity index (χ1n) is 6.73. The highest BCUT2D eigenvalue weighted by atomic mass is 32.2. The van der Waals surface area contributed by atoms with Crippen molar-refractivity contribution in [2.24, 2.45) is 5.41 Å². The van der Waals surface area contributed by atoms with Gasteiger partial charge in [-0.25, -0.2) is 17.6 Å². The van der Waals surface area contributed by atoms with E-state index in [9.17, 15) is 27.5 Å². The number of carboxylic acid groups (broad SMARTS) is 1. The van der Waals surface area contributed by atoms with Crippen molar-refractivity contribution in [2.75, 3.05) is 20.2 Å². The second kappa shape index (κ2) is 5.89. The number of halogens is 1. The maximum atomic E-state index is 13.5. The minimum Gasteiger partial charge on any atom is -0.481 e. The van der Waals surface area contributed by atoms with E-state index in [1.165, 1.54) is 6.92 Å². The van der Waals surface area contributed by atoms with Gasteiger partial charge in [0.15, 0.2) is 0 Å². The van der Waals surface area contributed by atoms with E-state index in [4.69, 9.17) is 0 Å². The third kappa shape index (κ3) is 3.06. The lowest BCUT2D eigenvalue weighted by atomic mass is 9.90. The van der Waals surface area contributed by atoms with Crippen molar-refractivity contribution < 1.29 is 32.2 Å². The Kier molecular flexibility index (Phi) is 4.45. The summed E-state index contributed by atoms with van der Waals surface area (Å²) in [7, 11) is -3.14. The number of rotatable bonds is 4. The molecule has 1 aromatic carbocycles. The van der Waals surface area contributed by atoms with Gasteiger partial charge in [0.25, 0.3) is 0 Å². The van der Waals surface area contributed by atoms with Crippen LogP contribution in [0, 0.1) is 11.2 Å². The molecule has 0 radical (unpaired) electrons. The predicted octanol–water partition coefficient (Wildman–Crippen LogP) is 1.10. The molecule has 1 unspecified atom stereocenters. The van der Waals surface area contributed by atoms with Gasteiger partial charge in [-0.15, -0.1) is 0 Å². The number of aliphatic carboxylic acids is 1. The number of hydrogen-bond acceptors (Lipinski definition) is 5. The number of benzene rings is 1. The van der Waals surface area contributed by atoms with Gasteiger partial charge in [0, 0.05) is 13.1 Å². The number of hydrogen-bond donors (Lipinski definition) is 1. The second-order valence-corrected chi connectivity index (χ2v) is 7.49. The first-order chi connectivity index (χ1) is 10.6. The van der Waals surface area contributed by atoms with Crippen LogP contribution in [0.15, 0.2) is 23.1 Å². The predicted molar refractivity (Wildman–Crippen MR) is 76.9 cm³/mol. The zero-order chi connectivity index (χ0) is 17.4. The molecule has 0 spiro atoms. The number of methoxy groups -OCH3 is 1. The molecule has 23 heavy (non-hydrogen) atoms. The van der Waals surface area contributed by atoms with E-state index in [-0.39, 0.29) is 25.1 Å². The summed E-state index contributed by atoms with van der Waals surface area (Å²) in [5, 5.41) is 9.20. The summed E-state index contributed by atoms with van der Waals surface area (Å²) in [6.45, 7) is 1.17. The van der Waals surface area contributed by atoms with Crippen LogP contribution in [-0.2, 0) is 19.6 Å². The van der Waals surface area contributed by atoms with E-state index in [2.05, 4.69) is 4.74 Å². The van der Waals surface area contributed by atoms with Crippen LogP contribution < -0.4 is 0 Å². The maximum absolute atomic E-state index is 13.5. The van der Waals surface area contributed by atoms with E-state index in [1.807, 2.05) is 0 Å². The molecule has 1 saturated heterocycles. The number of carbonyl (C=O) groups is 2. The van der Waals surface area contributed by atoms with Crippen LogP contribution in [0.3, 0.4) is 0 Å². The molecule has 1 N–H and O–H groups in total. The summed E-state index contributed by atoms with van der Waals surface area (Å²) in [6, 6.07) is 2.72. The van der Waals surface area contributed by atoms with Gasteiger partial charge in [-0.1, -0.05) is 0 Å². The normalized spacial score (nSPS) is 22.0. The van der Waals surface area contributed by atoms with Gasteiger partial charge in [-0.3, -0.25) is 4.79 Å². The highest BCUT2D eigenvalue weighted by Gasteiger charge is 2.45.